The highest BCUT2D eigenvalue weighted by atomic mass is 35.5. The molecule has 3 amide bonds. The normalized spacial score (nSPS) is 31.4. The molecular weight excluding hydrogens is 437 g/mol. The largest absolute Gasteiger partial charge is 0.324 e. The number of rotatable bonds is 1. The SMILES string of the molecule is Cc1ccc2c(c1)[C@]1(C(=O)N2)[C@@H]2C(=O)N(c3cc(Cl)cc(Cl)c3)C(=O)[C@@H]2[C@@H]2CCCN21. The van der Waals surface area contributed by atoms with Gasteiger partial charge in [0.15, 0.2) is 0 Å². The summed E-state index contributed by atoms with van der Waals surface area (Å²) in [5.41, 5.74) is 1.70. The van der Waals surface area contributed by atoms with Crippen molar-refractivity contribution < 1.29 is 14.4 Å². The fourth-order valence-electron chi connectivity index (χ4n) is 6.24. The number of hydrogen-bond acceptors (Lipinski definition) is 4. The summed E-state index contributed by atoms with van der Waals surface area (Å²) >= 11 is 12.3. The van der Waals surface area contributed by atoms with Crippen LogP contribution in [-0.2, 0) is 19.9 Å². The van der Waals surface area contributed by atoms with Crippen molar-refractivity contribution >= 4 is 52.3 Å². The monoisotopic (exact) mass is 455 g/mol. The molecule has 3 saturated heterocycles. The number of aryl methyl sites for hydroxylation is 1. The zero-order chi connectivity index (χ0) is 21.7. The molecule has 8 heteroatoms. The summed E-state index contributed by atoms with van der Waals surface area (Å²) in [5, 5.41) is 3.67. The molecule has 0 bridgehead atoms. The maximum absolute atomic E-state index is 13.9. The fourth-order valence-corrected chi connectivity index (χ4v) is 6.75. The molecule has 4 atom stereocenters. The average Bonchev–Trinajstić information content (AvgIpc) is 3.39. The van der Waals surface area contributed by atoms with Crippen molar-refractivity contribution in [3.8, 4) is 0 Å². The van der Waals surface area contributed by atoms with E-state index < -0.39 is 17.4 Å². The third-order valence-electron chi connectivity index (χ3n) is 7.25. The van der Waals surface area contributed by atoms with Gasteiger partial charge in [0.2, 0.25) is 17.7 Å². The Kier molecular flexibility index (Phi) is 3.93. The number of fused-ring (bicyclic) bond motifs is 7. The Morgan fingerprint density at radius 2 is 1.77 bits per heavy atom. The van der Waals surface area contributed by atoms with Gasteiger partial charge in [-0.05, 0) is 50.6 Å². The molecular formula is C23H19Cl2N3O3. The number of nitrogens with zero attached hydrogens (tertiary/aromatic N) is 2. The van der Waals surface area contributed by atoms with Crippen LogP contribution < -0.4 is 10.2 Å². The minimum atomic E-state index is -1.17. The van der Waals surface area contributed by atoms with Crippen molar-refractivity contribution in [1.82, 2.24) is 4.90 Å². The minimum Gasteiger partial charge on any atom is -0.324 e. The molecule has 0 saturated carbocycles. The molecule has 0 unspecified atom stereocenters. The standard InChI is InChI=1S/C23H19Cl2N3O3/c1-11-4-5-16-15(7-11)23(22(31)26-16)19-18(17-3-2-6-27(17)23)20(29)28(21(19)30)14-9-12(24)8-13(25)10-14/h4-5,7-10,17-19H,2-3,6H2,1H3,(H,26,31)/t17-,18+,19-,23+/m0/s1. The van der Waals surface area contributed by atoms with Crippen LogP contribution >= 0.6 is 23.2 Å². The highest BCUT2D eigenvalue weighted by Gasteiger charge is 2.74. The van der Waals surface area contributed by atoms with Crippen LogP contribution in [0.4, 0.5) is 11.4 Å². The number of nitrogens with one attached hydrogen (secondary N) is 1. The van der Waals surface area contributed by atoms with Crippen LogP contribution in [0, 0.1) is 18.8 Å². The Bertz CT molecular complexity index is 1180. The molecule has 31 heavy (non-hydrogen) atoms. The van der Waals surface area contributed by atoms with E-state index in [1.165, 1.54) is 4.90 Å². The van der Waals surface area contributed by atoms with Gasteiger partial charge in [-0.25, -0.2) is 4.90 Å². The second-order valence-electron chi connectivity index (χ2n) is 8.82. The maximum atomic E-state index is 13.9. The number of amides is 3. The van der Waals surface area contributed by atoms with E-state index in [-0.39, 0.29) is 23.8 Å². The Morgan fingerprint density at radius 1 is 1.03 bits per heavy atom. The molecule has 2 aromatic carbocycles. The molecule has 6 nitrogen and oxygen atoms in total. The van der Waals surface area contributed by atoms with E-state index in [1.807, 2.05) is 25.1 Å². The Labute approximate surface area is 189 Å². The molecule has 4 aliphatic heterocycles. The lowest BCUT2D eigenvalue weighted by Crippen LogP contribution is -2.54. The number of hydrogen-bond donors (Lipinski definition) is 1. The highest BCUT2D eigenvalue weighted by molar-refractivity contribution is 6.36. The van der Waals surface area contributed by atoms with Crippen molar-refractivity contribution in [3.63, 3.8) is 0 Å². The first kappa shape index (κ1) is 19.3. The first-order chi connectivity index (χ1) is 14.8. The summed E-state index contributed by atoms with van der Waals surface area (Å²) in [5.74, 6) is -2.24. The molecule has 4 heterocycles. The van der Waals surface area contributed by atoms with Crippen LogP contribution in [0.25, 0.3) is 0 Å². The van der Waals surface area contributed by atoms with Crippen molar-refractivity contribution in [3.05, 3.63) is 57.6 Å². The van der Waals surface area contributed by atoms with Crippen LogP contribution in [0.2, 0.25) is 10.0 Å². The van der Waals surface area contributed by atoms with Gasteiger partial charge in [-0.1, -0.05) is 40.9 Å². The van der Waals surface area contributed by atoms with E-state index in [2.05, 4.69) is 10.2 Å². The number of halogens is 2. The van der Waals surface area contributed by atoms with Gasteiger partial charge in [0.25, 0.3) is 0 Å². The topological polar surface area (TPSA) is 69.7 Å². The summed E-state index contributed by atoms with van der Waals surface area (Å²) in [7, 11) is 0. The Morgan fingerprint density at radius 3 is 2.52 bits per heavy atom. The summed E-state index contributed by atoms with van der Waals surface area (Å²) in [4.78, 5) is 44.4. The van der Waals surface area contributed by atoms with Gasteiger partial charge in [0.05, 0.1) is 17.5 Å². The number of anilines is 2. The molecule has 0 radical (unpaired) electrons. The number of benzene rings is 2. The molecule has 0 aliphatic carbocycles. The van der Waals surface area contributed by atoms with Crippen molar-refractivity contribution in [2.75, 3.05) is 16.8 Å². The summed E-state index contributed by atoms with van der Waals surface area (Å²) in [6.07, 6.45) is 1.66. The van der Waals surface area contributed by atoms with Gasteiger partial charge in [-0.15, -0.1) is 0 Å². The van der Waals surface area contributed by atoms with Crippen molar-refractivity contribution in [2.24, 2.45) is 11.8 Å². The Hall–Kier alpha value is -2.41. The summed E-state index contributed by atoms with van der Waals surface area (Å²) < 4.78 is 0. The smallest absolute Gasteiger partial charge is 0.250 e. The molecule has 2 aromatic rings. The first-order valence-corrected chi connectivity index (χ1v) is 11.1. The third kappa shape index (κ3) is 2.30. The van der Waals surface area contributed by atoms with E-state index in [4.69, 9.17) is 23.2 Å². The van der Waals surface area contributed by atoms with Crippen LogP contribution in [0.5, 0.6) is 0 Å². The first-order valence-electron chi connectivity index (χ1n) is 10.4. The number of carbonyl (C=O) groups excluding carboxylic acids is 3. The van der Waals surface area contributed by atoms with Gasteiger partial charge >= 0.3 is 0 Å². The average molecular weight is 456 g/mol. The van der Waals surface area contributed by atoms with Crippen LogP contribution in [0.3, 0.4) is 0 Å². The Balaban J connectivity index is 1.57. The summed E-state index contributed by atoms with van der Waals surface area (Å²) in [6.45, 7) is 2.65. The van der Waals surface area contributed by atoms with E-state index in [1.54, 1.807) is 18.2 Å². The molecule has 4 aliphatic rings. The van der Waals surface area contributed by atoms with Crippen molar-refractivity contribution in [2.45, 2.75) is 31.3 Å². The van der Waals surface area contributed by atoms with Gasteiger partial charge in [0.1, 0.15) is 5.54 Å². The lowest BCUT2D eigenvalue weighted by Gasteiger charge is -2.36. The number of carbonyl (C=O) groups is 3. The molecule has 3 fully saturated rings. The van der Waals surface area contributed by atoms with Crippen LogP contribution in [0.1, 0.15) is 24.0 Å². The van der Waals surface area contributed by atoms with E-state index in [0.717, 1.165) is 24.0 Å². The van der Waals surface area contributed by atoms with Gasteiger partial charge in [0, 0.05) is 27.3 Å². The van der Waals surface area contributed by atoms with E-state index in [0.29, 0.717) is 28.0 Å². The van der Waals surface area contributed by atoms with Gasteiger partial charge in [-0.3, -0.25) is 19.3 Å². The molecule has 1 spiro atoms. The second-order valence-corrected chi connectivity index (χ2v) is 9.69. The molecule has 158 valence electrons. The predicted molar refractivity (Wildman–Crippen MR) is 117 cm³/mol. The molecule has 0 aromatic heterocycles. The van der Waals surface area contributed by atoms with Crippen LogP contribution in [0.15, 0.2) is 36.4 Å². The highest BCUT2D eigenvalue weighted by Crippen LogP contribution is 2.60. The number of imide groups is 1. The predicted octanol–water partition coefficient (Wildman–Crippen LogP) is 3.73. The fraction of sp³-hybridized carbons (Fsp3) is 0.348. The molecule has 6 rings (SSSR count). The quantitative estimate of drug-likeness (QED) is 0.665. The van der Waals surface area contributed by atoms with Gasteiger partial charge < -0.3 is 5.32 Å². The zero-order valence-corrected chi connectivity index (χ0v) is 18.2. The maximum Gasteiger partial charge on any atom is 0.250 e. The van der Waals surface area contributed by atoms with Crippen LogP contribution in [-0.4, -0.2) is 35.2 Å². The summed E-state index contributed by atoms with van der Waals surface area (Å²) in [6, 6.07) is 10.3. The second kappa shape index (κ2) is 6.31. The zero-order valence-electron chi connectivity index (χ0n) is 16.7. The van der Waals surface area contributed by atoms with Gasteiger partial charge in [-0.2, -0.15) is 0 Å². The minimum absolute atomic E-state index is 0.154. The van der Waals surface area contributed by atoms with Crippen molar-refractivity contribution in [1.29, 1.82) is 0 Å². The lowest BCUT2D eigenvalue weighted by atomic mass is 9.75. The molecule has 1 N–H and O–H groups in total. The van der Waals surface area contributed by atoms with E-state index >= 15 is 0 Å². The van der Waals surface area contributed by atoms with E-state index in [9.17, 15) is 14.4 Å². The third-order valence-corrected chi connectivity index (χ3v) is 7.69. The lowest BCUT2D eigenvalue weighted by molar-refractivity contribution is -0.135.